The monoisotopic (exact) mass is 667 g/mol. The Morgan fingerprint density at radius 2 is 1.25 bits per heavy atom. The average molecular weight is 668 g/mol. The van der Waals surface area contributed by atoms with E-state index in [1.54, 1.807) is 0 Å². The Morgan fingerprint density at radius 1 is 0.538 bits per heavy atom. The summed E-state index contributed by atoms with van der Waals surface area (Å²) in [6, 6.07) is 46.5. The highest BCUT2D eigenvalue weighted by Gasteiger charge is 2.31. The molecule has 2 unspecified atom stereocenters. The third-order valence-corrected chi connectivity index (χ3v) is 10.5. The van der Waals surface area contributed by atoms with Crippen LogP contribution in [-0.2, 0) is 0 Å². The van der Waals surface area contributed by atoms with Crippen molar-refractivity contribution in [2.45, 2.75) is 6.92 Å². The van der Waals surface area contributed by atoms with Crippen LogP contribution < -0.4 is 0 Å². The van der Waals surface area contributed by atoms with Gasteiger partial charge in [-0.1, -0.05) is 153 Å². The van der Waals surface area contributed by atoms with Gasteiger partial charge in [0, 0.05) is 38.8 Å². The predicted octanol–water partition coefficient (Wildman–Crippen LogP) is 12.3. The molecule has 0 spiro atoms. The summed E-state index contributed by atoms with van der Waals surface area (Å²) < 4.78 is 6.32. The van der Waals surface area contributed by atoms with E-state index in [4.69, 9.17) is 19.4 Å². The Balaban J connectivity index is 1.20. The first-order chi connectivity index (χ1) is 25.6. The highest BCUT2D eigenvalue weighted by molar-refractivity contribution is 6.15. The summed E-state index contributed by atoms with van der Waals surface area (Å²) in [7, 11) is 0. The first-order valence-electron chi connectivity index (χ1n) is 17.7. The van der Waals surface area contributed by atoms with Crippen molar-refractivity contribution in [2.75, 3.05) is 0 Å². The molecule has 2 aromatic heterocycles. The molecule has 4 nitrogen and oxygen atoms in total. The fourth-order valence-electron chi connectivity index (χ4n) is 7.80. The van der Waals surface area contributed by atoms with Gasteiger partial charge >= 0.3 is 0 Å². The van der Waals surface area contributed by atoms with Gasteiger partial charge in [0.15, 0.2) is 17.5 Å². The topological polar surface area (TPSA) is 51.8 Å². The van der Waals surface area contributed by atoms with E-state index in [1.165, 1.54) is 0 Å². The van der Waals surface area contributed by atoms with Crippen LogP contribution in [0, 0.1) is 11.3 Å². The average Bonchev–Trinajstić information content (AvgIpc) is 3.59. The molecule has 0 saturated heterocycles. The van der Waals surface area contributed by atoms with Crippen molar-refractivity contribution in [1.29, 1.82) is 0 Å². The van der Waals surface area contributed by atoms with Crippen molar-refractivity contribution in [3.8, 4) is 45.0 Å². The van der Waals surface area contributed by atoms with Crippen LogP contribution in [0.1, 0.15) is 12.7 Å². The summed E-state index contributed by atoms with van der Waals surface area (Å²) in [4.78, 5) is 15.6. The second kappa shape index (κ2) is 12.0. The molecule has 4 heteroatoms. The summed E-state index contributed by atoms with van der Waals surface area (Å²) in [5, 5.41) is 4.47. The number of furan rings is 1. The Kier molecular flexibility index (Phi) is 6.97. The standard InChI is InChI=1S/C48H33N3O/c1-48-26-10-9-18-37(48)25-24-35(30-48)46-49-45(34-17-11-16-32(27-34)31-13-3-2-4-14-31)50-47(51-46)36-28-33-15-5-6-19-38(33)41(29-36)39-21-12-23-43-44(39)40-20-7-8-22-42(40)52-43/h2-30,37H,1H3. The molecule has 0 fully saturated rings. The number of benzene rings is 6. The van der Waals surface area contributed by atoms with Gasteiger partial charge in [-0.15, -0.1) is 0 Å². The second-order valence-electron chi connectivity index (χ2n) is 13.9. The highest BCUT2D eigenvalue weighted by Crippen LogP contribution is 2.43. The van der Waals surface area contributed by atoms with E-state index in [-0.39, 0.29) is 11.3 Å². The molecule has 0 saturated carbocycles. The molecule has 0 aliphatic heterocycles. The largest absolute Gasteiger partial charge is 0.456 e. The van der Waals surface area contributed by atoms with Crippen LogP contribution in [-0.4, -0.2) is 15.0 Å². The second-order valence-corrected chi connectivity index (χ2v) is 13.9. The molecule has 0 N–H and O–H groups in total. The number of fused-ring (bicyclic) bond motifs is 5. The van der Waals surface area contributed by atoms with Gasteiger partial charge < -0.3 is 4.42 Å². The van der Waals surface area contributed by atoms with Crippen molar-refractivity contribution in [3.05, 3.63) is 182 Å². The minimum atomic E-state index is -0.165. The van der Waals surface area contributed by atoms with Crippen LogP contribution in [0.3, 0.4) is 0 Å². The predicted molar refractivity (Wildman–Crippen MR) is 213 cm³/mol. The zero-order valence-electron chi connectivity index (χ0n) is 28.6. The Morgan fingerprint density at radius 3 is 2.15 bits per heavy atom. The summed E-state index contributed by atoms with van der Waals surface area (Å²) >= 11 is 0. The third kappa shape index (κ3) is 5.11. The van der Waals surface area contributed by atoms with E-state index in [0.717, 1.165) is 71.7 Å². The van der Waals surface area contributed by atoms with Gasteiger partial charge in [0.05, 0.1) is 0 Å². The van der Waals surface area contributed by atoms with Gasteiger partial charge in [0.1, 0.15) is 11.2 Å². The van der Waals surface area contributed by atoms with Crippen molar-refractivity contribution in [2.24, 2.45) is 11.3 Å². The summed E-state index contributed by atoms with van der Waals surface area (Å²) in [6.07, 6.45) is 15.5. The van der Waals surface area contributed by atoms with Gasteiger partial charge in [0.25, 0.3) is 0 Å². The van der Waals surface area contributed by atoms with Crippen LogP contribution in [0.25, 0.3) is 83.3 Å². The Labute approximate surface area is 301 Å². The van der Waals surface area contributed by atoms with E-state index in [1.807, 2.05) is 24.3 Å². The lowest BCUT2D eigenvalue weighted by molar-refractivity contribution is 0.454. The molecular formula is C48H33N3O. The molecule has 2 aliphatic carbocycles. The number of hydrogen-bond donors (Lipinski definition) is 0. The fraction of sp³-hybridized carbons (Fsp3) is 0.0625. The van der Waals surface area contributed by atoms with Gasteiger partial charge in [-0.2, -0.15) is 0 Å². The van der Waals surface area contributed by atoms with Crippen LogP contribution in [0.4, 0.5) is 0 Å². The molecule has 6 aromatic carbocycles. The fourth-order valence-corrected chi connectivity index (χ4v) is 7.80. The Hall–Kier alpha value is -6.65. The molecule has 0 bridgehead atoms. The smallest absolute Gasteiger partial charge is 0.164 e. The molecule has 2 aliphatic rings. The minimum absolute atomic E-state index is 0.165. The van der Waals surface area contributed by atoms with E-state index in [9.17, 15) is 0 Å². The van der Waals surface area contributed by atoms with E-state index in [2.05, 4.69) is 159 Å². The van der Waals surface area contributed by atoms with Gasteiger partial charge in [0.2, 0.25) is 0 Å². The lowest BCUT2D eigenvalue weighted by Gasteiger charge is -2.33. The van der Waals surface area contributed by atoms with Gasteiger partial charge in [-0.05, 0) is 63.4 Å². The molecule has 246 valence electrons. The summed E-state index contributed by atoms with van der Waals surface area (Å²) in [5.41, 5.74) is 8.90. The normalized spacial score (nSPS) is 17.9. The first-order valence-corrected chi connectivity index (χ1v) is 17.7. The van der Waals surface area contributed by atoms with Gasteiger partial charge in [-0.3, -0.25) is 0 Å². The molecular weight excluding hydrogens is 635 g/mol. The zero-order chi connectivity index (χ0) is 34.6. The zero-order valence-corrected chi connectivity index (χ0v) is 28.6. The van der Waals surface area contributed by atoms with Crippen molar-refractivity contribution in [1.82, 2.24) is 15.0 Å². The van der Waals surface area contributed by atoms with E-state index < -0.39 is 0 Å². The quantitative estimate of drug-likeness (QED) is 0.183. The number of hydrogen-bond acceptors (Lipinski definition) is 4. The minimum Gasteiger partial charge on any atom is -0.456 e. The number of rotatable bonds is 5. The molecule has 0 radical (unpaired) electrons. The van der Waals surface area contributed by atoms with Crippen molar-refractivity contribution < 1.29 is 4.42 Å². The van der Waals surface area contributed by atoms with E-state index >= 15 is 0 Å². The lowest BCUT2D eigenvalue weighted by Crippen LogP contribution is -2.24. The number of aromatic nitrogens is 3. The van der Waals surface area contributed by atoms with Crippen molar-refractivity contribution in [3.63, 3.8) is 0 Å². The maximum atomic E-state index is 6.32. The van der Waals surface area contributed by atoms with Crippen LogP contribution in [0.2, 0.25) is 0 Å². The first kappa shape index (κ1) is 30.2. The highest BCUT2D eigenvalue weighted by atomic mass is 16.3. The van der Waals surface area contributed by atoms with E-state index in [0.29, 0.717) is 17.5 Å². The molecule has 52 heavy (non-hydrogen) atoms. The summed E-state index contributed by atoms with van der Waals surface area (Å²) in [5.74, 6) is 2.20. The van der Waals surface area contributed by atoms with Crippen LogP contribution in [0.5, 0.6) is 0 Å². The number of para-hydroxylation sites is 1. The molecule has 8 aromatic rings. The number of nitrogens with zero attached hydrogens (tertiary/aromatic N) is 3. The summed E-state index contributed by atoms with van der Waals surface area (Å²) in [6.45, 7) is 2.27. The molecule has 0 amide bonds. The lowest BCUT2D eigenvalue weighted by atomic mass is 9.70. The SMILES string of the molecule is CC12C=CC=CC1C=CC(c1nc(-c3cccc(-c4ccccc4)c3)nc(-c3cc(-c4cccc5oc6ccccc6c45)c4ccccc4c3)n1)=C2. The maximum Gasteiger partial charge on any atom is 0.164 e. The molecule has 2 atom stereocenters. The van der Waals surface area contributed by atoms with Crippen LogP contribution in [0.15, 0.2) is 180 Å². The number of allylic oxidation sites excluding steroid dienone is 8. The molecule has 2 heterocycles. The molecule has 10 rings (SSSR count). The maximum absolute atomic E-state index is 6.32. The van der Waals surface area contributed by atoms with Crippen molar-refractivity contribution >= 4 is 38.3 Å². The Bertz CT molecular complexity index is 2820. The third-order valence-electron chi connectivity index (χ3n) is 10.5. The van der Waals surface area contributed by atoms with Crippen LogP contribution >= 0.6 is 0 Å². The van der Waals surface area contributed by atoms with Gasteiger partial charge in [-0.25, -0.2) is 15.0 Å².